The molecule has 134 valence electrons. The maximum Gasteiger partial charge on any atom is 0.325 e. The lowest BCUT2D eigenvalue weighted by molar-refractivity contribution is -0.134. The zero-order valence-electron chi connectivity index (χ0n) is 13.8. The van der Waals surface area contributed by atoms with Crippen molar-refractivity contribution in [1.82, 2.24) is 10.2 Å². The molecular formula is C18H16ClN3O3S. The summed E-state index contributed by atoms with van der Waals surface area (Å²) in [6.45, 7) is -0.335. The smallest absolute Gasteiger partial charge is 0.324 e. The van der Waals surface area contributed by atoms with Gasteiger partial charge in [-0.1, -0.05) is 17.7 Å². The number of carbonyl (C=O) groups excluding carboxylic acids is 3. The third-order valence-electron chi connectivity index (χ3n) is 4.75. The zero-order valence-corrected chi connectivity index (χ0v) is 15.3. The average Bonchev–Trinajstić information content (AvgIpc) is 3.16. The SMILES string of the molecule is O=C(CN1C(=O)NC2(CCCc3sccc32)C1=O)Nc1cccc(Cl)c1. The number of halogens is 1. The number of nitrogens with zero attached hydrogens (tertiary/aromatic N) is 1. The highest BCUT2D eigenvalue weighted by atomic mass is 35.5. The van der Waals surface area contributed by atoms with E-state index in [-0.39, 0.29) is 12.5 Å². The Morgan fingerprint density at radius 2 is 2.19 bits per heavy atom. The number of anilines is 1. The number of imide groups is 1. The number of benzene rings is 1. The second kappa shape index (κ2) is 6.41. The van der Waals surface area contributed by atoms with Gasteiger partial charge in [0, 0.05) is 21.2 Å². The van der Waals surface area contributed by atoms with Gasteiger partial charge in [0.25, 0.3) is 5.91 Å². The molecule has 2 aliphatic rings. The molecule has 1 unspecified atom stereocenters. The molecule has 26 heavy (non-hydrogen) atoms. The van der Waals surface area contributed by atoms with Gasteiger partial charge in [-0.05, 0) is 48.9 Å². The molecule has 0 bridgehead atoms. The molecule has 2 aromatic rings. The molecule has 4 rings (SSSR count). The minimum absolute atomic E-state index is 0.335. The molecule has 1 aliphatic carbocycles. The third-order valence-corrected chi connectivity index (χ3v) is 5.96. The van der Waals surface area contributed by atoms with Gasteiger partial charge in [-0.2, -0.15) is 0 Å². The fraction of sp³-hybridized carbons (Fsp3) is 0.278. The van der Waals surface area contributed by atoms with Gasteiger partial charge >= 0.3 is 6.03 Å². The van der Waals surface area contributed by atoms with Crippen molar-refractivity contribution >= 4 is 46.5 Å². The highest BCUT2D eigenvalue weighted by molar-refractivity contribution is 7.10. The van der Waals surface area contributed by atoms with Gasteiger partial charge in [0.2, 0.25) is 5.91 Å². The summed E-state index contributed by atoms with van der Waals surface area (Å²) >= 11 is 7.49. The van der Waals surface area contributed by atoms with E-state index >= 15 is 0 Å². The van der Waals surface area contributed by atoms with E-state index in [4.69, 9.17) is 11.6 Å². The van der Waals surface area contributed by atoms with Crippen molar-refractivity contribution in [2.45, 2.75) is 24.8 Å². The van der Waals surface area contributed by atoms with Crippen LogP contribution in [0.5, 0.6) is 0 Å². The Bertz CT molecular complexity index is 913. The fourth-order valence-electron chi connectivity index (χ4n) is 3.60. The normalized spacial score (nSPS) is 21.7. The molecule has 1 atom stereocenters. The van der Waals surface area contributed by atoms with Gasteiger partial charge in [0.15, 0.2) is 0 Å². The Balaban J connectivity index is 1.53. The number of amides is 4. The van der Waals surface area contributed by atoms with Crippen LogP contribution >= 0.6 is 22.9 Å². The number of hydrogen-bond donors (Lipinski definition) is 2. The molecule has 1 saturated heterocycles. The van der Waals surface area contributed by atoms with Crippen LogP contribution < -0.4 is 10.6 Å². The molecule has 1 aromatic heterocycles. The molecule has 2 heterocycles. The molecular weight excluding hydrogens is 374 g/mol. The Morgan fingerprint density at radius 1 is 1.35 bits per heavy atom. The summed E-state index contributed by atoms with van der Waals surface area (Å²) in [5.41, 5.74) is 0.355. The minimum Gasteiger partial charge on any atom is -0.324 e. The molecule has 1 spiro atoms. The summed E-state index contributed by atoms with van der Waals surface area (Å²) in [5, 5.41) is 7.92. The Kier molecular flexibility index (Phi) is 4.20. The van der Waals surface area contributed by atoms with E-state index in [0.717, 1.165) is 28.2 Å². The molecule has 6 nitrogen and oxygen atoms in total. The van der Waals surface area contributed by atoms with E-state index in [0.29, 0.717) is 17.1 Å². The number of carbonyl (C=O) groups is 3. The molecule has 1 aliphatic heterocycles. The van der Waals surface area contributed by atoms with E-state index in [1.807, 2.05) is 11.4 Å². The van der Waals surface area contributed by atoms with Crippen molar-refractivity contribution in [3.63, 3.8) is 0 Å². The van der Waals surface area contributed by atoms with Crippen LogP contribution in [0.4, 0.5) is 10.5 Å². The van der Waals surface area contributed by atoms with Crippen molar-refractivity contribution in [2.75, 3.05) is 11.9 Å². The van der Waals surface area contributed by atoms with Crippen molar-refractivity contribution in [3.8, 4) is 0 Å². The maximum atomic E-state index is 13.0. The van der Waals surface area contributed by atoms with Crippen molar-refractivity contribution in [3.05, 3.63) is 51.2 Å². The number of hydrogen-bond acceptors (Lipinski definition) is 4. The van der Waals surface area contributed by atoms with Gasteiger partial charge in [-0.3, -0.25) is 14.5 Å². The highest BCUT2D eigenvalue weighted by Crippen LogP contribution is 2.42. The molecule has 8 heteroatoms. The minimum atomic E-state index is -1.03. The van der Waals surface area contributed by atoms with E-state index in [2.05, 4.69) is 10.6 Å². The van der Waals surface area contributed by atoms with Crippen LogP contribution in [0.25, 0.3) is 0 Å². The third kappa shape index (κ3) is 2.77. The number of nitrogens with one attached hydrogen (secondary N) is 2. The highest BCUT2D eigenvalue weighted by Gasteiger charge is 2.54. The van der Waals surface area contributed by atoms with E-state index in [9.17, 15) is 14.4 Å². The summed E-state index contributed by atoms with van der Waals surface area (Å²) in [6, 6.07) is 8.06. The average molecular weight is 390 g/mol. The van der Waals surface area contributed by atoms with Gasteiger partial charge < -0.3 is 10.6 Å². The largest absolute Gasteiger partial charge is 0.325 e. The molecule has 0 saturated carbocycles. The first-order valence-electron chi connectivity index (χ1n) is 8.26. The van der Waals surface area contributed by atoms with Crippen molar-refractivity contribution < 1.29 is 14.4 Å². The summed E-state index contributed by atoms with van der Waals surface area (Å²) in [4.78, 5) is 39.9. The summed E-state index contributed by atoms with van der Waals surface area (Å²) in [6.07, 6.45) is 2.28. The summed E-state index contributed by atoms with van der Waals surface area (Å²) < 4.78 is 0. The van der Waals surface area contributed by atoms with Gasteiger partial charge in [0.1, 0.15) is 12.1 Å². The topological polar surface area (TPSA) is 78.5 Å². The number of thiophene rings is 1. The first kappa shape index (κ1) is 17.1. The van der Waals surface area contributed by atoms with Gasteiger partial charge in [-0.25, -0.2) is 4.79 Å². The fourth-order valence-corrected chi connectivity index (χ4v) is 4.79. The van der Waals surface area contributed by atoms with E-state index in [1.54, 1.807) is 35.6 Å². The predicted octanol–water partition coefficient (Wildman–Crippen LogP) is 3.12. The van der Waals surface area contributed by atoms with Crippen molar-refractivity contribution in [2.24, 2.45) is 0 Å². The standard InChI is InChI=1S/C18H16ClN3O3S/c19-11-3-1-4-12(9-11)20-15(23)10-22-16(24)18(21-17(22)25)7-2-5-14-13(18)6-8-26-14/h1,3-4,6,8-9H,2,5,7,10H2,(H,20,23)(H,21,25). The van der Waals surface area contributed by atoms with Crippen molar-refractivity contribution in [1.29, 1.82) is 0 Å². The molecule has 1 fully saturated rings. The maximum absolute atomic E-state index is 13.0. The van der Waals surface area contributed by atoms with Crippen LogP contribution in [0, 0.1) is 0 Å². The monoisotopic (exact) mass is 389 g/mol. The lowest BCUT2D eigenvalue weighted by atomic mass is 9.80. The number of urea groups is 1. The zero-order chi connectivity index (χ0) is 18.3. The van der Waals surface area contributed by atoms with Crippen LogP contribution in [0.2, 0.25) is 5.02 Å². The first-order valence-corrected chi connectivity index (χ1v) is 9.52. The number of fused-ring (bicyclic) bond motifs is 2. The van der Waals surface area contributed by atoms with Crippen LogP contribution in [-0.2, 0) is 21.5 Å². The van der Waals surface area contributed by atoms with Crippen LogP contribution in [-0.4, -0.2) is 29.3 Å². The molecule has 0 radical (unpaired) electrons. The van der Waals surface area contributed by atoms with Crippen LogP contribution in [0.1, 0.15) is 23.3 Å². The lowest BCUT2D eigenvalue weighted by Crippen LogP contribution is -2.46. The van der Waals surface area contributed by atoms with Gasteiger partial charge in [-0.15, -0.1) is 11.3 Å². The lowest BCUT2D eigenvalue weighted by Gasteiger charge is -2.31. The second-order valence-electron chi connectivity index (χ2n) is 6.40. The van der Waals surface area contributed by atoms with Crippen LogP contribution in [0.15, 0.2) is 35.7 Å². The Hall–Kier alpha value is -2.38. The van der Waals surface area contributed by atoms with Crippen LogP contribution in [0.3, 0.4) is 0 Å². The Morgan fingerprint density at radius 3 is 3.00 bits per heavy atom. The first-order chi connectivity index (χ1) is 12.5. The number of rotatable bonds is 3. The van der Waals surface area contributed by atoms with E-state index in [1.165, 1.54) is 0 Å². The summed E-state index contributed by atoms with van der Waals surface area (Å²) in [7, 11) is 0. The second-order valence-corrected chi connectivity index (χ2v) is 7.83. The summed E-state index contributed by atoms with van der Waals surface area (Å²) in [5.74, 6) is -0.808. The van der Waals surface area contributed by atoms with E-state index < -0.39 is 17.5 Å². The Labute approximate surface area is 159 Å². The number of aryl methyl sites for hydroxylation is 1. The predicted molar refractivity (Wildman–Crippen MR) is 99.3 cm³/mol. The molecule has 1 aromatic carbocycles. The van der Waals surface area contributed by atoms with Gasteiger partial charge in [0.05, 0.1) is 0 Å². The quantitative estimate of drug-likeness (QED) is 0.791. The molecule has 4 amide bonds. The molecule has 2 N–H and O–H groups in total.